The van der Waals surface area contributed by atoms with Crippen LogP contribution in [0.2, 0.25) is 10.0 Å². The first-order chi connectivity index (χ1) is 8.30. The lowest BCUT2D eigenvalue weighted by atomic mass is 10.1. The summed E-state index contributed by atoms with van der Waals surface area (Å²) in [5.41, 5.74) is 1.09. The highest BCUT2D eigenvalue weighted by molar-refractivity contribution is 7.91. The van der Waals surface area contributed by atoms with Gasteiger partial charge in [0.1, 0.15) is 16.1 Å². The topological polar surface area (TPSA) is 35.4 Å². The van der Waals surface area contributed by atoms with Crippen LogP contribution in [0.4, 0.5) is 0 Å². The van der Waals surface area contributed by atoms with Gasteiger partial charge >= 0.3 is 0 Å². The Labute approximate surface area is 122 Å². The molecule has 0 fully saturated rings. The van der Waals surface area contributed by atoms with Gasteiger partial charge in [-0.05, 0) is 51.3 Å². The fourth-order valence-electron chi connectivity index (χ4n) is 1.20. The molecule has 5 heteroatoms. The molecular formula is C13H17Cl2NOS. The summed E-state index contributed by atoms with van der Waals surface area (Å²) in [6.45, 7) is 5.71. The normalized spacial score (nSPS) is 14.1. The van der Waals surface area contributed by atoms with E-state index in [1.54, 1.807) is 12.3 Å². The van der Waals surface area contributed by atoms with Crippen molar-refractivity contribution in [3.05, 3.63) is 33.8 Å². The van der Waals surface area contributed by atoms with Crippen LogP contribution in [-0.4, -0.2) is 15.5 Å². The van der Waals surface area contributed by atoms with Crippen molar-refractivity contribution in [2.24, 2.45) is 4.40 Å². The maximum absolute atomic E-state index is 11.6. The van der Waals surface area contributed by atoms with Crippen LogP contribution < -0.4 is 0 Å². The van der Waals surface area contributed by atoms with Crippen molar-refractivity contribution in [3.8, 4) is 0 Å². The third kappa shape index (κ3) is 5.19. The molecule has 1 atom stereocenters. The van der Waals surface area contributed by atoms with Gasteiger partial charge in [0.25, 0.3) is 0 Å². The number of hydrogen-bond acceptors (Lipinski definition) is 2. The smallest absolute Gasteiger partial charge is 0.144 e. The number of benzene rings is 1. The molecule has 0 bridgehead atoms. The highest BCUT2D eigenvalue weighted by Crippen LogP contribution is 2.23. The Morgan fingerprint density at radius 3 is 2.50 bits per heavy atom. The number of rotatable bonds is 4. The van der Waals surface area contributed by atoms with E-state index in [0.717, 1.165) is 18.4 Å². The molecule has 18 heavy (non-hydrogen) atoms. The van der Waals surface area contributed by atoms with Crippen LogP contribution in [0.15, 0.2) is 22.6 Å². The third-order valence-electron chi connectivity index (χ3n) is 2.24. The zero-order valence-corrected chi connectivity index (χ0v) is 13.1. The molecule has 0 aliphatic carbocycles. The van der Waals surface area contributed by atoms with Crippen LogP contribution in [0.25, 0.3) is 0 Å². The van der Waals surface area contributed by atoms with Crippen LogP contribution in [0, 0.1) is 0 Å². The van der Waals surface area contributed by atoms with Gasteiger partial charge in [0.05, 0.1) is 16.3 Å². The maximum Gasteiger partial charge on any atom is 0.144 e. The van der Waals surface area contributed by atoms with Gasteiger partial charge in [-0.25, -0.2) is 0 Å². The highest BCUT2D eigenvalue weighted by atomic mass is 35.5. The molecule has 0 spiro atoms. The molecule has 0 saturated heterocycles. The van der Waals surface area contributed by atoms with E-state index in [-0.39, 0.29) is 4.75 Å². The molecule has 0 aromatic heterocycles. The Kier molecular flexibility index (Phi) is 5.99. The second kappa shape index (κ2) is 6.80. The van der Waals surface area contributed by atoms with Gasteiger partial charge in [0.2, 0.25) is 0 Å². The van der Waals surface area contributed by atoms with E-state index in [1.807, 2.05) is 32.9 Å². The molecule has 1 aromatic rings. The van der Waals surface area contributed by atoms with E-state index in [9.17, 15) is 4.55 Å². The van der Waals surface area contributed by atoms with Crippen LogP contribution in [0.1, 0.15) is 32.8 Å². The average Bonchev–Trinajstić information content (AvgIpc) is 2.27. The van der Waals surface area contributed by atoms with Crippen LogP contribution in [-0.2, 0) is 17.8 Å². The van der Waals surface area contributed by atoms with Crippen LogP contribution in [0.5, 0.6) is 0 Å². The Morgan fingerprint density at radius 1 is 1.28 bits per heavy atom. The van der Waals surface area contributed by atoms with Gasteiger partial charge in [-0.15, -0.1) is 0 Å². The Hall–Kier alpha value is -0.220. The van der Waals surface area contributed by atoms with Gasteiger partial charge in [-0.1, -0.05) is 33.7 Å². The van der Waals surface area contributed by atoms with E-state index in [2.05, 4.69) is 4.40 Å². The van der Waals surface area contributed by atoms with E-state index in [0.29, 0.717) is 10.0 Å². The second-order valence-corrected chi connectivity index (χ2v) is 7.68. The molecule has 0 N–H and O–H groups in total. The summed E-state index contributed by atoms with van der Waals surface area (Å²) < 4.78 is 15.4. The first-order valence-electron chi connectivity index (χ1n) is 5.69. The molecule has 0 heterocycles. The molecule has 0 radical (unpaired) electrons. The molecule has 0 amide bonds. The van der Waals surface area contributed by atoms with Gasteiger partial charge < -0.3 is 4.55 Å². The quantitative estimate of drug-likeness (QED) is 0.597. The summed E-state index contributed by atoms with van der Waals surface area (Å²) in [7, 11) is 0. The van der Waals surface area contributed by atoms with Gasteiger partial charge in [-0.2, -0.15) is 0 Å². The highest BCUT2D eigenvalue weighted by Gasteiger charge is 2.25. The minimum absolute atomic E-state index is 0.305. The van der Waals surface area contributed by atoms with Gasteiger partial charge in [0, 0.05) is 0 Å². The Morgan fingerprint density at radius 2 is 1.94 bits per heavy atom. The number of aryl methyl sites for hydroxylation is 1. The molecule has 2 nitrogen and oxygen atoms in total. The summed E-state index contributed by atoms with van der Waals surface area (Å²) in [6, 6.07) is 5.56. The van der Waals surface area contributed by atoms with E-state index >= 15 is 0 Å². The first-order valence-corrected chi connectivity index (χ1v) is 7.55. The molecular weight excluding hydrogens is 289 g/mol. The molecule has 1 aromatic carbocycles. The summed E-state index contributed by atoms with van der Waals surface area (Å²) in [5.74, 6) is 0. The zero-order chi connectivity index (χ0) is 13.8. The minimum atomic E-state index is -1.18. The lowest BCUT2D eigenvalue weighted by Crippen LogP contribution is -2.25. The van der Waals surface area contributed by atoms with E-state index < -0.39 is 11.4 Å². The monoisotopic (exact) mass is 305 g/mol. The molecule has 0 aliphatic rings. The fraction of sp³-hybridized carbons (Fsp3) is 0.462. The van der Waals surface area contributed by atoms with E-state index in [1.165, 1.54) is 0 Å². The lowest BCUT2D eigenvalue weighted by molar-refractivity contribution is 0.561. The van der Waals surface area contributed by atoms with Crippen LogP contribution >= 0.6 is 23.2 Å². The summed E-state index contributed by atoms with van der Waals surface area (Å²) >= 11 is 10.6. The summed E-state index contributed by atoms with van der Waals surface area (Å²) in [4.78, 5) is 0. The number of halogens is 2. The largest absolute Gasteiger partial charge is 0.591 e. The first kappa shape index (κ1) is 15.8. The maximum atomic E-state index is 11.6. The van der Waals surface area contributed by atoms with Crippen molar-refractivity contribution < 1.29 is 4.55 Å². The molecule has 100 valence electrons. The Balaban J connectivity index is 2.47. The number of nitrogens with zero attached hydrogens (tertiary/aromatic N) is 1. The van der Waals surface area contributed by atoms with E-state index in [4.69, 9.17) is 23.2 Å². The van der Waals surface area contributed by atoms with Crippen molar-refractivity contribution in [2.75, 3.05) is 0 Å². The van der Waals surface area contributed by atoms with Gasteiger partial charge in [-0.3, -0.25) is 0 Å². The van der Waals surface area contributed by atoms with Gasteiger partial charge in [0.15, 0.2) is 0 Å². The third-order valence-corrected chi connectivity index (χ3v) is 4.37. The Bertz CT molecular complexity index is 429. The van der Waals surface area contributed by atoms with Crippen molar-refractivity contribution >= 4 is 40.8 Å². The average molecular weight is 306 g/mol. The lowest BCUT2D eigenvalue weighted by Gasteiger charge is -2.17. The zero-order valence-electron chi connectivity index (χ0n) is 10.7. The molecule has 0 saturated carbocycles. The van der Waals surface area contributed by atoms with Crippen molar-refractivity contribution in [3.63, 3.8) is 0 Å². The predicted octanol–water partition coefficient (Wildman–Crippen LogP) is 4.46. The van der Waals surface area contributed by atoms with Crippen molar-refractivity contribution in [1.82, 2.24) is 0 Å². The summed E-state index contributed by atoms with van der Waals surface area (Å²) in [5, 5.41) is 1.12. The number of hydrogen-bond donors (Lipinski definition) is 0. The van der Waals surface area contributed by atoms with Crippen molar-refractivity contribution in [2.45, 2.75) is 38.4 Å². The standard InChI is InChI=1S/C13H17Cl2NOS/c1-13(2,3)18(17)16-8-4-5-10-6-7-11(14)12(15)9-10/h6-9H,4-5H2,1-3H3/b16-8+/t18-/m0/s1. The van der Waals surface area contributed by atoms with Crippen LogP contribution in [0.3, 0.4) is 0 Å². The van der Waals surface area contributed by atoms with Crippen molar-refractivity contribution in [1.29, 1.82) is 0 Å². The molecule has 0 unspecified atom stereocenters. The molecule has 0 aliphatic heterocycles. The minimum Gasteiger partial charge on any atom is -0.591 e. The molecule has 1 rings (SSSR count). The predicted molar refractivity (Wildman–Crippen MR) is 81.2 cm³/mol. The second-order valence-electron chi connectivity index (χ2n) is 4.94. The fourth-order valence-corrected chi connectivity index (χ4v) is 2.08. The SMILES string of the molecule is CC(C)(C)[S@+]([O-])/N=C/CCc1ccc(Cl)c(Cl)c1. The summed E-state index contributed by atoms with van der Waals surface area (Å²) in [6.07, 6.45) is 3.26.